The van der Waals surface area contributed by atoms with Crippen molar-refractivity contribution in [3.05, 3.63) is 17.5 Å². The van der Waals surface area contributed by atoms with Crippen molar-refractivity contribution in [1.82, 2.24) is 20.0 Å². The van der Waals surface area contributed by atoms with Crippen molar-refractivity contribution in [3.8, 4) is 0 Å². The molecule has 2 rings (SSSR count). The number of amides is 2. The normalized spacial score (nSPS) is 21.6. The van der Waals surface area contributed by atoms with Crippen LogP contribution in [0.4, 0.5) is 18.0 Å². The fourth-order valence-corrected chi connectivity index (χ4v) is 2.88. The zero-order chi connectivity index (χ0) is 18.1. The summed E-state index contributed by atoms with van der Waals surface area (Å²) in [5.74, 6) is -1.63. The highest BCUT2D eigenvalue weighted by Gasteiger charge is 2.37. The van der Waals surface area contributed by atoms with Crippen LogP contribution < -0.4 is 5.32 Å². The van der Waals surface area contributed by atoms with Gasteiger partial charge in [-0.05, 0) is 12.3 Å². The number of aliphatic carboxylic acids is 1. The highest BCUT2D eigenvalue weighted by molar-refractivity contribution is 5.76. The Morgan fingerprint density at radius 2 is 2.08 bits per heavy atom. The summed E-state index contributed by atoms with van der Waals surface area (Å²) in [5, 5.41) is 14.9. The Kier molecular flexibility index (Phi) is 5.05. The first-order chi connectivity index (χ1) is 11.1. The van der Waals surface area contributed by atoms with Crippen LogP contribution in [0.25, 0.3) is 0 Å². The van der Waals surface area contributed by atoms with E-state index in [0.717, 1.165) is 4.68 Å². The summed E-state index contributed by atoms with van der Waals surface area (Å²) >= 11 is 0. The van der Waals surface area contributed by atoms with Gasteiger partial charge < -0.3 is 15.3 Å². The molecule has 7 nitrogen and oxygen atoms in total. The molecule has 134 valence electrons. The van der Waals surface area contributed by atoms with Crippen LogP contribution in [0.15, 0.2) is 6.20 Å². The van der Waals surface area contributed by atoms with E-state index in [-0.39, 0.29) is 24.6 Å². The molecule has 1 saturated heterocycles. The minimum absolute atomic E-state index is 0.00901. The second-order valence-corrected chi connectivity index (χ2v) is 6.11. The molecule has 24 heavy (non-hydrogen) atoms. The van der Waals surface area contributed by atoms with Crippen LogP contribution in [0.2, 0.25) is 0 Å². The first-order valence-electron chi connectivity index (χ1n) is 7.43. The van der Waals surface area contributed by atoms with E-state index < -0.39 is 29.8 Å². The second kappa shape index (κ2) is 6.70. The standard InChI is InChI=1S/C14H19F3N4O3/c1-8-3-9(12(22)23)7-21(5-8)13(24)18-4-10-6-20(2)19-11(10)14(15,16)17/h6,8-9H,3-5,7H2,1-2H3,(H,18,24)(H,22,23). The number of carboxylic acid groups (broad SMARTS) is 1. The average molecular weight is 348 g/mol. The molecule has 2 heterocycles. The molecule has 2 N–H and O–H groups in total. The van der Waals surface area contributed by atoms with Gasteiger partial charge in [0.1, 0.15) is 0 Å². The van der Waals surface area contributed by atoms with Crippen LogP contribution >= 0.6 is 0 Å². The number of carboxylic acids is 1. The molecule has 1 aliphatic heterocycles. The maximum atomic E-state index is 12.9. The monoisotopic (exact) mass is 348 g/mol. The molecule has 0 radical (unpaired) electrons. The number of alkyl halides is 3. The third-order valence-corrected chi connectivity index (χ3v) is 3.90. The van der Waals surface area contributed by atoms with Crippen LogP contribution in [0.1, 0.15) is 24.6 Å². The van der Waals surface area contributed by atoms with Crippen molar-refractivity contribution in [2.75, 3.05) is 13.1 Å². The maximum Gasteiger partial charge on any atom is 0.435 e. The van der Waals surface area contributed by atoms with E-state index in [1.54, 1.807) is 0 Å². The highest BCUT2D eigenvalue weighted by atomic mass is 19.4. The molecule has 2 amide bonds. The number of aryl methyl sites for hydroxylation is 1. The summed E-state index contributed by atoms with van der Waals surface area (Å²) in [6, 6.07) is -0.579. The molecule has 0 aliphatic carbocycles. The molecule has 2 unspecified atom stereocenters. The van der Waals surface area contributed by atoms with E-state index in [0.29, 0.717) is 13.0 Å². The molecular weight excluding hydrogens is 329 g/mol. The lowest BCUT2D eigenvalue weighted by Gasteiger charge is -2.34. The van der Waals surface area contributed by atoms with Crippen molar-refractivity contribution < 1.29 is 27.9 Å². The van der Waals surface area contributed by atoms with E-state index in [1.165, 1.54) is 18.1 Å². The zero-order valence-corrected chi connectivity index (χ0v) is 13.3. The van der Waals surface area contributed by atoms with Crippen LogP contribution in [0.3, 0.4) is 0 Å². The number of hydrogen-bond donors (Lipinski definition) is 2. The van der Waals surface area contributed by atoms with Gasteiger partial charge in [-0.3, -0.25) is 9.48 Å². The fraction of sp³-hybridized carbons (Fsp3) is 0.643. The second-order valence-electron chi connectivity index (χ2n) is 6.11. The van der Waals surface area contributed by atoms with Crippen LogP contribution in [-0.2, 0) is 24.6 Å². The number of aromatic nitrogens is 2. The minimum Gasteiger partial charge on any atom is -0.481 e. The first kappa shape index (κ1) is 18.1. The highest BCUT2D eigenvalue weighted by Crippen LogP contribution is 2.30. The summed E-state index contributed by atoms with van der Waals surface area (Å²) in [7, 11) is 1.37. The van der Waals surface area contributed by atoms with Crippen molar-refractivity contribution >= 4 is 12.0 Å². The SMILES string of the molecule is CC1CC(C(=O)O)CN(C(=O)NCc2cn(C)nc2C(F)(F)F)C1. The Balaban J connectivity index is 2.02. The Bertz CT molecular complexity index is 629. The third-order valence-electron chi connectivity index (χ3n) is 3.90. The topological polar surface area (TPSA) is 87.5 Å². The quantitative estimate of drug-likeness (QED) is 0.870. The molecule has 1 fully saturated rings. The number of hydrogen-bond acceptors (Lipinski definition) is 3. The molecule has 2 atom stereocenters. The van der Waals surface area contributed by atoms with E-state index in [1.807, 2.05) is 6.92 Å². The van der Waals surface area contributed by atoms with Gasteiger partial charge in [-0.2, -0.15) is 18.3 Å². The van der Waals surface area contributed by atoms with E-state index in [9.17, 15) is 22.8 Å². The van der Waals surface area contributed by atoms with Gasteiger partial charge in [-0.1, -0.05) is 6.92 Å². The zero-order valence-electron chi connectivity index (χ0n) is 13.3. The van der Waals surface area contributed by atoms with Gasteiger partial charge >= 0.3 is 18.2 Å². The Hall–Kier alpha value is -2.26. The maximum absolute atomic E-state index is 12.9. The molecule has 0 spiro atoms. The van der Waals surface area contributed by atoms with Gasteiger partial charge in [0.2, 0.25) is 0 Å². The first-order valence-corrected chi connectivity index (χ1v) is 7.43. The lowest BCUT2D eigenvalue weighted by molar-refractivity contribution is -0.144. The number of rotatable bonds is 3. The third kappa shape index (κ3) is 4.18. The van der Waals surface area contributed by atoms with Crippen molar-refractivity contribution in [3.63, 3.8) is 0 Å². The number of halogens is 3. The summed E-state index contributed by atoms with van der Waals surface area (Å²) in [6.45, 7) is 1.92. The lowest BCUT2D eigenvalue weighted by atomic mass is 9.91. The number of piperidine rings is 1. The number of nitrogens with zero attached hydrogens (tertiary/aromatic N) is 3. The van der Waals surface area contributed by atoms with Gasteiger partial charge in [0.15, 0.2) is 5.69 Å². The Morgan fingerprint density at radius 1 is 1.42 bits per heavy atom. The lowest BCUT2D eigenvalue weighted by Crippen LogP contribution is -2.49. The summed E-state index contributed by atoms with van der Waals surface area (Å²) in [5.41, 5.74) is -1.18. The van der Waals surface area contributed by atoms with Crippen LogP contribution in [-0.4, -0.2) is 44.9 Å². The average Bonchev–Trinajstić information content (AvgIpc) is 2.85. The minimum atomic E-state index is -4.60. The summed E-state index contributed by atoms with van der Waals surface area (Å²) in [6.07, 6.45) is -2.93. The molecular formula is C14H19F3N4O3. The number of carbonyl (C=O) groups is 2. The van der Waals surface area contributed by atoms with Crippen LogP contribution in [0.5, 0.6) is 0 Å². The van der Waals surface area contributed by atoms with Gasteiger partial charge in [-0.15, -0.1) is 0 Å². The van der Waals surface area contributed by atoms with Gasteiger partial charge in [0.25, 0.3) is 0 Å². The van der Waals surface area contributed by atoms with E-state index >= 15 is 0 Å². The molecule has 1 aliphatic rings. The Labute approximate surface area is 136 Å². The van der Waals surface area contributed by atoms with Crippen molar-refractivity contribution in [2.24, 2.45) is 18.9 Å². The summed E-state index contributed by atoms with van der Waals surface area (Å²) < 4.78 is 39.6. The van der Waals surface area contributed by atoms with Crippen molar-refractivity contribution in [2.45, 2.75) is 26.1 Å². The molecule has 0 aromatic carbocycles. The van der Waals surface area contributed by atoms with Gasteiger partial charge in [0.05, 0.1) is 5.92 Å². The van der Waals surface area contributed by atoms with Crippen molar-refractivity contribution in [1.29, 1.82) is 0 Å². The number of nitrogens with one attached hydrogen (secondary N) is 1. The van der Waals surface area contributed by atoms with E-state index in [4.69, 9.17) is 5.11 Å². The smallest absolute Gasteiger partial charge is 0.435 e. The number of carbonyl (C=O) groups excluding carboxylic acids is 1. The van der Waals surface area contributed by atoms with Gasteiger partial charge in [0, 0.05) is 38.4 Å². The summed E-state index contributed by atoms with van der Waals surface area (Å²) in [4.78, 5) is 24.6. The molecule has 0 saturated carbocycles. The number of urea groups is 1. The van der Waals surface area contributed by atoms with Gasteiger partial charge in [-0.25, -0.2) is 4.79 Å². The molecule has 0 bridgehead atoms. The predicted octanol–water partition coefficient (Wildman–Crippen LogP) is 1.69. The molecule has 10 heteroatoms. The Morgan fingerprint density at radius 3 is 2.67 bits per heavy atom. The number of likely N-dealkylation sites (tertiary alicyclic amines) is 1. The van der Waals surface area contributed by atoms with Crippen LogP contribution in [0, 0.1) is 11.8 Å². The molecule has 1 aromatic heterocycles. The molecule has 1 aromatic rings. The largest absolute Gasteiger partial charge is 0.481 e. The van der Waals surface area contributed by atoms with E-state index in [2.05, 4.69) is 10.4 Å². The predicted molar refractivity (Wildman–Crippen MR) is 76.9 cm³/mol. The fourth-order valence-electron chi connectivity index (χ4n) is 2.88.